The molecule has 7 aromatic rings. The van der Waals surface area contributed by atoms with E-state index >= 15 is 0 Å². The Morgan fingerprint density at radius 3 is 1.89 bits per heavy atom. The van der Waals surface area contributed by atoms with Crippen molar-refractivity contribution < 1.29 is 0 Å². The van der Waals surface area contributed by atoms with Crippen molar-refractivity contribution in [3.05, 3.63) is 239 Å². The largest absolute Gasteiger partial charge is 0.310 e. The molecule has 1 aliphatic heterocycles. The van der Waals surface area contributed by atoms with Gasteiger partial charge < -0.3 is 4.90 Å². The van der Waals surface area contributed by atoms with E-state index in [1.807, 2.05) is 6.21 Å². The Balaban J connectivity index is 0.994. The van der Waals surface area contributed by atoms with Crippen molar-refractivity contribution in [1.29, 1.82) is 0 Å². The van der Waals surface area contributed by atoms with Crippen molar-refractivity contribution in [3.8, 4) is 11.1 Å². The molecule has 0 saturated carbocycles. The lowest BCUT2D eigenvalue weighted by molar-refractivity contribution is 0.455. The molecule has 0 radical (unpaired) electrons. The van der Waals surface area contributed by atoms with Gasteiger partial charge in [0.15, 0.2) is 0 Å². The maximum absolute atomic E-state index is 4.84. The maximum atomic E-state index is 4.84. The van der Waals surface area contributed by atoms with Gasteiger partial charge in [-0.15, -0.1) is 0 Å². The Bertz CT molecular complexity index is 2500. The molecule has 10 rings (SSSR count). The van der Waals surface area contributed by atoms with Gasteiger partial charge in [0.25, 0.3) is 0 Å². The van der Waals surface area contributed by atoms with Gasteiger partial charge in [-0.1, -0.05) is 170 Å². The second-order valence-electron chi connectivity index (χ2n) is 14.3. The summed E-state index contributed by atoms with van der Waals surface area (Å²) >= 11 is 0. The van der Waals surface area contributed by atoms with Crippen LogP contribution in [0.3, 0.4) is 0 Å². The SMILES string of the molecule is C1=CC2C(C=C1c1cccc(C=NCc3ccc(-c4ccccc4)cc3)c1)c1ccccc1C21c2ccccc2N(c2ccccc2)c2ccccc21. The molecule has 0 N–H and O–H groups in total. The molecule has 2 heteroatoms. The monoisotopic (exact) mass is 678 g/mol. The first kappa shape index (κ1) is 31.2. The summed E-state index contributed by atoms with van der Waals surface area (Å²) in [6.07, 6.45) is 9.41. The smallest absolute Gasteiger partial charge is 0.0639 e. The van der Waals surface area contributed by atoms with Gasteiger partial charge in [-0.2, -0.15) is 0 Å². The van der Waals surface area contributed by atoms with Crippen LogP contribution >= 0.6 is 0 Å². The van der Waals surface area contributed by atoms with Gasteiger partial charge in [0.2, 0.25) is 0 Å². The summed E-state index contributed by atoms with van der Waals surface area (Å²) < 4.78 is 0. The van der Waals surface area contributed by atoms with Crippen LogP contribution in [0.2, 0.25) is 0 Å². The normalized spacial score (nSPS) is 17.6. The van der Waals surface area contributed by atoms with Crippen molar-refractivity contribution in [2.24, 2.45) is 10.9 Å². The first-order valence-electron chi connectivity index (χ1n) is 18.6. The summed E-state index contributed by atoms with van der Waals surface area (Å²) in [4.78, 5) is 7.30. The van der Waals surface area contributed by atoms with Crippen molar-refractivity contribution in [3.63, 3.8) is 0 Å². The zero-order valence-corrected chi connectivity index (χ0v) is 29.4. The van der Waals surface area contributed by atoms with E-state index in [0.29, 0.717) is 6.54 Å². The minimum Gasteiger partial charge on any atom is -0.310 e. The number of para-hydroxylation sites is 3. The summed E-state index contributed by atoms with van der Waals surface area (Å²) in [6.45, 7) is 0.648. The molecule has 0 amide bonds. The minimum atomic E-state index is -0.327. The van der Waals surface area contributed by atoms with Crippen molar-refractivity contribution >= 4 is 28.8 Å². The number of hydrogen-bond acceptors (Lipinski definition) is 2. The Morgan fingerprint density at radius 2 is 1.15 bits per heavy atom. The van der Waals surface area contributed by atoms with Gasteiger partial charge in [-0.3, -0.25) is 4.99 Å². The molecule has 2 atom stereocenters. The number of allylic oxidation sites excluding steroid dienone is 4. The number of aliphatic imine (C=N–C) groups is 1. The number of nitrogens with zero attached hydrogens (tertiary/aromatic N) is 2. The summed E-state index contributed by atoms with van der Waals surface area (Å²) in [7, 11) is 0. The maximum Gasteiger partial charge on any atom is 0.0639 e. The third-order valence-corrected chi connectivity index (χ3v) is 11.4. The summed E-state index contributed by atoms with van der Waals surface area (Å²) in [6, 6.07) is 66.2. The van der Waals surface area contributed by atoms with Crippen LogP contribution in [-0.2, 0) is 12.0 Å². The molecule has 0 fully saturated rings. The van der Waals surface area contributed by atoms with E-state index in [0.717, 1.165) is 5.56 Å². The van der Waals surface area contributed by atoms with Gasteiger partial charge in [0.1, 0.15) is 0 Å². The summed E-state index contributed by atoms with van der Waals surface area (Å²) in [5, 5.41) is 0. The van der Waals surface area contributed by atoms with E-state index in [1.165, 1.54) is 67.1 Å². The molecule has 252 valence electrons. The first-order chi connectivity index (χ1) is 26.3. The molecule has 0 bridgehead atoms. The highest BCUT2D eigenvalue weighted by Gasteiger charge is 2.57. The van der Waals surface area contributed by atoms with E-state index in [4.69, 9.17) is 4.99 Å². The van der Waals surface area contributed by atoms with Crippen molar-refractivity contribution in [2.75, 3.05) is 4.90 Å². The molecule has 2 aliphatic carbocycles. The van der Waals surface area contributed by atoms with E-state index in [1.54, 1.807) is 0 Å². The average Bonchev–Trinajstić information content (AvgIpc) is 3.52. The standard InChI is InChI=1S/C51H38N2/c1-3-15-38(16-4-1)39-28-26-36(27-29-39)34-52-35-37-14-13-17-40(32-37)41-30-31-46-44(33-41)43-20-7-8-21-45(43)51(46)47-22-9-11-24-49(47)53(42-18-5-2-6-19-42)50-25-12-10-23-48(50)51/h1-33,35,44,46H,34H2. The second kappa shape index (κ2) is 12.9. The van der Waals surface area contributed by atoms with E-state index in [-0.39, 0.29) is 17.3 Å². The van der Waals surface area contributed by atoms with Crippen LogP contribution in [0.4, 0.5) is 17.1 Å². The lowest BCUT2D eigenvalue weighted by Crippen LogP contribution is -2.40. The number of benzene rings is 7. The Morgan fingerprint density at radius 1 is 0.547 bits per heavy atom. The van der Waals surface area contributed by atoms with Crippen LogP contribution in [0.1, 0.15) is 44.9 Å². The first-order valence-corrected chi connectivity index (χ1v) is 18.6. The van der Waals surface area contributed by atoms with Gasteiger partial charge in [0.05, 0.1) is 23.3 Å². The second-order valence-corrected chi connectivity index (χ2v) is 14.3. The predicted octanol–water partition coefficient (Wildman–Crippen LogP) is 12.5. The molecule has 2 unspecified atom stereocenters. The highest BCUT2D eigenvalue weighted by Crippen LogP contribution is 2.66. The number of fused-ring (bicyclic) bond motifs is 9. The minimum absolute atomic E-state index is 0.224. The highest BCUT2D eigenvalue weighted by molar-refractivity contribution is 5.90. The number of hydrogen-bond donors (Lipinski definition) is 0. The van der Waals surface area contributed by atoms with Gasteiger partial charge in [-0.25, -0.2) is 0 Å². The Kier molecular flexibility index (Phi) is 7.61. The van der Waals surface area contributed by atoms with Crippen molar-refractivity contribution in [2.45, 2.75) is 17.9 Å². The highest BCUT2D eigenvalue weighted by atomic mass is 15.2. The molecule has 53 heavy (non-hydrogen) atoms. The quantitative estimate of drug-likeness (QED) is 0.160. The summed E-state index contributed by atoms with van der Waals surface area (Å²) in [5.41, 5.74) is 16.1. The Labute approximate surface area is 311 Å². The van der Waals surface area contributed by atoms with Crippen LogP contribution in [0.5, 0.6) is 0 Å². The lowest BCUT2D eigenvalue weighted by Gasteiger charge is -2.47. The molecular formula is C51H38N2. The van der Waals surface area contributed by atoms with Crippen LogP contribution in [0.25, 0.3) is 16.7 Å². The van der Waals surface area contributed by atoms with Gasteiger partial charge in [-0.05, 0) is 86.0 Å². The lowest BCUT2D eigenvalue weighted by atomic mass is 9.60. The molecular weight excluding hydrogens is 641 g/mol. The van der Waals surface area contributed by atoms with E-state index < -0.39 is 0 Å². The molecule has 1 spiro atoms. The molecule has 1 heterocycles. The molecule has 0 aromatic heterocycles. The summed E-state index contributed by atoms with van der Waals surface area (Å²) in [5.74, 6) is 0.452. The Hall–Kier alpha value is -6.51. The zero-order chi connectivity index (χ0) is 35.2. The van der Waals surface area contributed by atoms with Crippen LogP contribution in [-0.4, -0.2) is 6.21 Å². The molecule has 7 aromatic carbocycles. The van der Waals surface area contributed by atoms with Gasteiger partial charge >= 0.3 is 0 Å². The third kappa shape index (κ3) is 5.13. The number of rotatable bonds is 6. The fraction of sp³-hybridized carbons (Fsp3) is 0.0784. The van der Waals surface area contributed by atoms with Crippen molar-refractivity contribution in [1.82, 2.24) is 0 Å². The zero-order valence-electron chi connectivity index (χ0n) is 29.4. The van der Waals surface area contributed by atoms with E-state index in [9.17, 15) is 0 Å². The van der Waals surface area contributed by atoms with Gasteiger partial charge in [0, 0.05) is 23.7 Å². The molecule has 3 aliphatic rings. The average molecular weight is 679 g/mol. The van der Waals surface area contributed by atoms with E-state index in [2.05, 4.69) is 205 Å². The fourth-order valence-electron chi connectivity index (χ4n) is 9.17. The molecule has 0 saturated heterocycles. The van der Waals surface area contributed by atoms with Crippen LogP contribution in [0.15, 0.2) is 205 Å². The van der Waals surface area contributed by atoms with Crippen LogP contribution < -0.4 is 4.90 Å². The fourth-order valence-corrected chi connectivity index (χ4v) is 9.17. The molecule has 2 nitrogen and oxygen atoms in total. The number of anilines is 3. The topological polar surface area (TPSA) is 15.6 Å². The third-order valence-electron chi connectivity index (χ3n) is 11.4. The van der Waals surface area contributed by atoms with Crippen LogP contribution in [0, 0.1) is 5.92 Å². The predicted molar refractivity (Wildman–Crippen MR) is 220 cm³/mol.